The summed E-state index contributed by atoms with van der Waals surface area (Å²) in [5.74, 6) is -1.22. The van der Waals surface area contributed by atoms with E-state index in [2.05, 4.69) is 0 Å². The van der Waals surface area contributed by atoms with E-state index in [-0.39, 0.29) is 17.9 Å². The minimum Gasteiger partial charge on any atom is -0.392 e. The quantitative estimate of drug-likeness (QED) is 0.802. The van der Waals surface area contributed by atoms with Crippen LogP contribution in [0.3, 0.4) is 0 Å². The number of hydrogen-bond acceptors (Lipinski definition) is 2. The van der Waals surface area contributed by atoms with Crippen LogP contribution in [0, 0.1) is 11.6 Å². The molecule has 0 saturated heterocycles. The van der Waals surface area contributed by atoms with Crippen molar-refractivity contribution in [1.29, 1.82) is 0 Å². The predicted octanol–water partition coefficient (Wildman–Crippen LogP) is 2.61. The predicted molar refractivity (Wildman–Crippen MR) is 62.9 cm³/mol. The maximum atomic E-state index is 13.8. The molecule has 0 bridgehead atoms. The van der Waals surface area contributed by atoms with Gasteiger partial charge in [0.15, 0.2) is 0 Å². The van der Waals surface area contributed by atoms with Gasteiger partial charge < -0.3 is 10.0 Å². The Morgan fingerprint density at radius 1 is 1.29 bits per heavy atom. The van der Waals surface area contributed by atoms with Crippen LogP contribution >= 0.6 is 0 Å². The molecular weight excluding hydrogens is 224 g/mol. The summed E-state index contributed by atoms with van der Waals surface area (Å²) >= 11 is 0. The first-order valence-corrected chi connectivity index (χ1v) is 5.61. The number of nitrogens with zero attached hydrogens (tertiary/aromatic N) is 1. The molecule has 1 aromatic rings. The third kappa shape index (κ3) is 2.47. The third-order valence-electron chi connectivity index (χ3n) is 3.01. The summed E-state index contributed by atoms with van der Waals surface area (Å²) < 4.78 is 27.5. The second kappa shape index (κ2) is 4.84. The van der Waals surface area contributed by atoms with E-state index in [9.17, 15) is 8.78 Å². The molecule has 0 aliphatic carbocycles. The molecule has 1 N–H and O–H groups in total. The summed E-state index contributed by atoms with van der Waals surface area (Å²) in [7, 11) is 0. The second-order valence-electron chi connectivity index (χ2n) is 4.31. The fourth-order valence-corrected chi connectivity index (χ4v) is 1.99. The molecule has 1 aromatic carbocycles. The molecule has 1 heterocycles. The largest absolute Gasteiger partial charge is 0.392 e. The van der Waals surface area contributed by atoms with Crippen LogP contribution in [0.2, 0.25) is 0 Å². The standard InChI is InChI=1S/C13H15F2NO/c1-9-2-4-16(5-3-9)13-11(14)6-10(8-17)7-12(13)15/h2,6-7,17H,3-5,8H2,1H3. The minimum absolute atomic E-state index is 0.00551. The van der Waals surface area contributed by atoms with Crippen molar-refractivity contribution in [3.8, 4) is 0 Å². The Hall–Kier alpha value is -1.42. The highest BCUT2D eigenvalue weighted by atomic mass is 19.1. The summed E-state index contributed by atoms with van der Waals surface area (Å²) in [5.41, 5.74) is 1.51. The highest BCUT2D eigenvalue weighted by molar-refractivity contribution is 5.52. The van der Waals surface area contributed by atoms with Crippen molar-refractivity contribution in [3.05, 3.63) is 41.0 Å². The second-order valence-corrected chi connectivity index (χ2v) is 4.31. The maximum Gasteiger partial charge on any atom is 0.149 e. The molecule has 1 aliphatic rings. The third-order valence-corrected chi connectivity index (χ3v) is 3.01. The van der Waals surface area contributed by atoms with Crippen molar-refractivity contribution >= 4 is 5.69 Å². The van der Waals surface area contributed by atoms with Gasteiger partial charge in [-0.05, 0) is 31.0 Å². The average molecular weight is 239 g/mol. The normalized spacial score (nSPS) is 16.0. The van der Waals surface area contributed by atoms with Gasteiger partial charge in [-0.2, -0.15) is 0 Å². The van der Waals surface area contributed by atoms with E-state index in [1.807, 2.05) is 13.0 Å². The molecule has 0 unspecified atom stereocenters. The first kappa shape index (κ1) is 12.0. The van der Waals surface area contributed by atoms with E-state index in [4.69, 9.17) is 5.11 Å². The van der Waals surface area contributed by atoms with E-state index >= 15 is 0 Å². The topological polar surface area (TPSA) is 23.5 Å². The summed E-state index contributed by atoms with van der Waals surface area (Å²) in [4.78, 5) is 1.68. The summed E-state index contributed by atoms with van der Waals surface area (Å²) in [6, 6.07) is 2.37. The zero-order valence-corrected chi connectivity index (χ0v) is 9.71. The van der Waals surface area contributed by atoms with Gasteiger partial charge in [-0.3, -0.25) is 0 Å². The van der Waals surface area contributed by atoms with Gasteiger partial charge in [0.1, 0.15) is 17.3 Å². The molecular formula is C13H15F2NO. The summed E-state index contributed by atoms with van der Waals surface area (Å²) in [6.45, 7) is 2.80. The molecule has 17 heavy (non-hydrogen) atoms. The van der Waals surface area contributed by atoms with Gasteiger partial charge in [0.2, 0.25) is 0 Å². The van der Waals surface area contributed by atoms with Crippen molar-refractivity contribution < 1.29 is 13.9 Å². The van der Waals surface area contributed by atoms with Crippen molar-refractivity contribution in [1.82, 2.24) is 0 Å². The van der Waals surface area contributed by atoms with Crippen LogP contribution in [0.1, 0.15) is 18.9 Å². The van der Waals surface area contributed by atoms with Gasteiger partial charge in [-0.1, -0.05) is 11.6 Å². The smallest absolute Gasteiger partial charge is 0.149 e. The molecule has 0 atom stereocenters. The monoisotopic (exact) mass is 239 g/mol. The van der Waals surface area contributed by atoms with Gasteiger partial charge in [-0.15, -0.1) is 0 Å². The Morgan fingerprint density at radius 3 is 2.41 bits per heavy atom. The zero-order valence-electron chi connectivity index (χ0n) is 9.71. The van der Waals surface area contributed by atoms with Gasteiger partial charge in [-0.25, -0.2) is 8.78 Å². The summed E-state index contributed by atoms with van der Waals surface area (Å²) in [6.07, 6.45) is 2.79. The van der Waals surface area contributed by atoms with E-state index < -0.39 is 11.6 Å². The Morgan fingerprint density at radius 2 is 1.94 bits per heavy atom. The molecule has 0 saturated carbocycles. The van der Waals surface area contributed by atoms with E-state index in [1.54, 1.807) is 4.90 Å². The molecule has 0 fully saturated rings. The molecule has 0 radical (unpaired) electrons. The van der Waals surface area contributed by atoms with Gasteiger partial charge in [0.05, 0.1) is 6.61 Å². The van der Waals surface area contributed by atoms with Crippen LogP contribution in [0.15, 0.2) is 23.8 Å². The first-order valence-electron chi connectivity index (χ1n) is 5.61. The highest BCUT2D eigenvalue weighted by Crippen LogP contribution is 2.27. The number of aliphatic hydroxyl groups excluding tert-OH is 1. The van der Waals surface area contributed by atoms with Gasteiger partial charge in [0.25, 0.3) is 0 Å². The fourth-order valence-electron chi connectivity index (χ4n) is 1.99. The van der Waals surface area contributed by atoms with E-state index in [1.165, 1.54) is 17.7 Å². The average Bonchev–Trinajstić information content (AvgIpc) is 2.30. The van der Waals surface area contributed by atoms with Gasteiger partial charge >= 0.3 is 0 Å². The lowest BCUT2D eigenvalue weighted by Crippen LogP contribution is -2.29. The number of hydrogen-bond donors (Lipinski definition) is 1. The number of aliphatic hydroxyl groups is 1. The van der Waals surface area contributed by atoms with Crippen molar-refractivity contribution in [3.63, 3.8) is 0 Å². The van der Waals surface area contributed by atoms with E-state index in [0.29, 0.717) is 13.1 Å². The van der Waals surface area contributed by atoms with Crippen molar-refractivity contribution in [2.45, 2.75) is 20.0 Å². The molecule has 4 heteroatoms. The lowest BCUT2D eigenvalue weighted by atomic mass is 10.1. The number of anilines is 1. The van der Waals surface area contributed by atoms with Crippen LogP contribution in [0.25, 0.3) is 0 Å². The molecule has 92 valence electrons. The molecule has 0 aromatic heterocycles. The fraction of sp³-hybridized carbons (Fsp3) is 0.385. The van der Waals surface area contributed by atoms with Gasteiger partial charge in [0, 0.05) is 13.1 Å². The minimum atomic E-state index is -0.609. The number of benzene rings is 1. The lowest BCUT2D eigenvalue weighted by Gasteiger charge is -2.28. The van der Waals surface area contributed by atoms with Crippen LogP contribution in [0.5, 0.6) is 0 Å². The Labute approximate surface area is 99.2 Å². The molecule has 2 nitrogen and oxygen atoms in total. The summed E-state index contributed by atoms with van der Waals surface area (Å²) in [5, 5.41) is 8.87. The highest BCUT2D eigenvalue weighted by Gasteiger charge is 2.19. The Balaban J connectivity index is 2.33. The van der Waals surface area contributed by atoms with Crippen LogP contribution in [0.4, 0.5) is 14.5 Å². The molecule has 0 amide bonds. The van der Waals surface area contributed by atoms with Crippen molar-refractivity contribution in [2.75, 3.05) is 18.0 Å². The van der Waals surface area contributed by atoms with Crippen molar-refractivity contribution in [2.24, 2.45) is 0 Å². The van der Waals surface area contributed by atoms with Crippen LogP contribution in [-0.4, -0.2) is 18.2 Å². The van der Waals surface area contributed by atoms with E-state index in [0.717, 1.165) is 6.42 Å². The lowest BCUT2D eigenvalue weighted by molar-refractivity contribution is 0.280. The van der Waals surface area contributed by atoms with Crippen LogP contribution in [-0.2, 0) is 6.61 Å². The maximum absolute atomic E-state index is 13.8. The molecule has 2 rings (SSSR count). The molecule has 0 spiro atoms. The zero-order chi connectivity index (χ0) is 12.4. The number of halogens is 2. The SMILES string of the molecule is CC1=CCN(c2c(F)cc(CO)cc2F)CC1. The molecule has 1 aliphatic heterocycles. The van der Waals surface area contributed by atoms with Crippen LogP contribution < -0.4 is 4.90 Å². The number of rotatable bonds is 2. The Bertz CT molecular complexity index is 434. The first-order chi connectivity index (χ1) is 8.11. The Kier molecular flexibility index (Phi) is 3.43.